The summed E-state index contributed by atoms with van der Waals surface area (Å²) >= 11 is 0. The van der Waals surface area contributed by atoms with Gasteiger partial charge in [-0.05, 0) is 41.5 Å². The van der Waals surface area contributed by atoms with E-state index in [1.165, 1.54) is 13.8 Å². The predicted molar refractivity (Wildman–Crippen MR) is 104 cm³/mol. The largest absolute Gasteiger partial charge is 0.466 e. The van der Waals surface area contributed by atoms with E-state index in [0.29, 0.717) is 26.1 Å². The van der Waals surface area contributed by atoms with Crippen LogP contribution < -0.4 is 0 Å². The van der Waals surface area contributed by atoms with Crippen LogP contribution in [-0.2, 0) is 28.7 Å². The molecular weight excluding hydrogens is 340 g/mol. The third kappa shape index (κ3) is 148. The molecule has 0 heterocycles. The van der Waals surface area contributed by atoms with Crippen LogP contribution in [0.4, 0.5) is 0 Å². The third-order valence-corrected chi connectivity index (χ3v) is 1.69. The minimum atomic E-state index is -0.211. The van der Waals surface area contributed by atoms with Crippen LogP contribution in [0.5, 0.6) is 0 Å². The SMILES string of the molecule is CC(C)O.CCC(C)=O.CCC(C)=O.CCOC(C)=O.CCOC(C)=O. The summed E-state index contributed by atoms with van der Waals surface area (Å²) < 4.78 is 8.81. The highest BCUT2D eigenvalue weighted by molar-refractivity contribution is 5.75. The summed E-state index contributed by atoms with van der Waals surface area (Å²) in [5.74, 6) is 0.0880. The zero-order chi connectivity index (χ0) is 22.1. The first-order valence-corrected chi connectivity index (χ1v) is 8.75. The van der Waals surface area contributed by atoms with E-state index in [0.717, 1.165) is 0 Å². The highest BCUT2D eigenvalue weighted by Crippen LogP contribution is 1.72. The van der Waals surface area contributed by atoms with Crippen LogP contribution in [0.15, 0.2) is 0 Å². The maximum atomic E-state index is 9.82. The molecule has 0 saturated heterocycles. The van der Waals surface area contributed by atoms with Gasteiger partial charge >= 0.3 is 11.9 Å². The number of aliphatic hydroxyl groups is 1. The maximum absolute atomic E-state index is 9.82. The van der Waals surface area contributed by atoms with Crippen LogP contribution in [-0.4, -0.2) is 47.9 Å². The number of ketones is 2. The Kier molecular flexibility index (Phi) is 42.2. The summed E-state index contributed by atoms with van der Waals surface area (Å²) in [5, 5.41) is 8.06. The van der Waals surface area contributed by atoms with Crippen LogP contribution in [0.25, 0.3) is 0 Å². The van der Waals surface area contributed by atoms with E-state index < -0.39 is 0 Å². The van der Waals surface area contributed by atoms with Crippen LogP contribution >= 0.6 is 0 Å². The van der Waals surface area contributed by atoms with E-state index in [1.54, 1.807) is 41.5 Å². The number of hydrogen-bond acceptors (Lipinski definition) is 7. The number of hydrogen-bond donors (Lipinski definition) is 1. The van der Waals surface area contributed by atoms with Crippen molar-refractivity contribution in [2.24, 2.45) is 0 Å². The molecule has 0 aliphatic carbocycles. The first-order chi connectivity index (χ1) is 11.8. The van der Waals surface area contributed by atoms with E-state index in [1.807, 2.05) is 13.8 Å². The Morgan fingerprint density at radius 3 is 0.846 bits per heavy atom. The van der Waals surface area contributed by atoms with Crippen molar-refractivity contribution in [2.45, 2.75) is 88.2 Å². The van der Waals surface area contributed by atoms with Crippen LogP contribution in [0.2, 0.25) is 0 Å². The molecule has 0 bridgehead atoms. The molecule has 0 aromatic carbocycles. The van der Waals surface area contributed by atoms with E-state index >= 15 is 0 Å². The number of rotatable bonds is 4. The molecule has 26 heavy (non-hydrogen) atoms. The second-order valence-corrected chi connectivity index (χ2v) is 5.05. The highest BCUT2D eigenvalue weighted by Gasteiger charge is 1.82. The lowest BCUT2D eigenvalue weighted by atomic mass is 10.4. The number of Topliss-reactive ketones (excluding diaryl/α,β-unsaturated/α-hetero) is 2. The molecule has 0 saturated carbocycles. The van der Waals surface area contributed by atoms with Crippen molar-refractivity contribution < 1.29 is 33.8 Å². The fourth-order valence-electron chi connectivity index (χ4n) is 0.407. The maximum Gasteiger partial charge on any atom is 0.302 e. The topological polar surface area (TPSA) is 107 Å². The molecule has 1 N–H and O–H groups in total. The second-order valence-electron chi connectivity index (χ2n) is 5.05. The molecular formula is C19H40O7. The Hall–Kier alpha value is -1.76. The van der Waals surface area contributed by atoms with Gasteiger partial charge in [0.15, 0.2) is 0 Å². The van der Waals surface area contributed by atoms with Gasteiger partial charge in [-0.2, -0.15) is 0 Å². The average molecular weight is 381 g/mol. The minimum Gasteiger partial charge on any atom is -0.466 e. The van der Waals surface area contributed by atoms with E-state index in [-0.39, 0.29) is 29.6 Å². The number of aliphatic hydroxyl groups excluding tert-OH is 1. The van der Waals surface area contributed by atoms with Gasteiger partial charge in [0.1, 0.15) is 11.6 Å². The number of ether oxygens (including phenoxy) is 2. The quantitative estimate of drug-likeness (QED) is 0.744. The molecule has 0 atom stereocenters. The Morgan fingerprint density at radius 2 is 0.846 bits per heavy atom. The van der Waals surface area contributed by atoms with Crippen molar-refractivity contribution in [2.75, 3.05) is 13.2 Å². The normalized spacial score (nSPS) is 7.85. The van der Waals surface area contributed by atoms with Gasteiger partial charge in [0.25, 0.3) is 0 Å². The van der Waals surface area contributed by atoms with Gasteiger partial charge in [0, 0.05) is 32.8 Å². The lowest BCUT2D eigenvalue weighted by Crippen LogP contribution is -1.95. The Labute approximate surface area is 159 Å². The molecule has 0 spiro atoms. The summed E-state index contributed by atoms with van der Waals surface area (Å²) in [7, 11) is 0. The molecule has 158 valence electrons. The number of carbonyl (C=O) groups excluding carboxylic acids is 4. The molecule has 7 heteroatoms. The predicted octanol–water partition coefficient (Wildman–Crippen LogP) is 3.50. The molecule has 0 rings (SSSR count). The summed E-state index contributed by atoms with van der Waals surface area (Å²) in [6.07, 6.45) is 1.17. The van der Waals surface area contributed by atoms with Gasteiger partial charge in [-0.15, -0.1) is 0 Å². The average Bonchev–Trinajstić information content (AvgIpc) is 2.48. The summed E-state index contributed by atoms with van der Waals surface area (Å²) in [6, 6.07) is 0. The van der Waals surface area contributed by atoms with Gasteiger partial charge in [-0.25, -0.2) is 0 Å². The third-order valence-electron chi connectivity index (χ3n) is 1.69. The molecule has 0 aromatic heterocycles. The molecule has 0 aliphatic heterocycles. The molecule has 0 unspecified atom stereocenters. The molecule has 0 fully saturated rings. The first-order valence-electron chi connectivity index (χ1n) is 8.75. The standard InChI is InChI=1S/2C4H8O2.2C4H8O.C3H8O/c2*1-3-6-4(2)5;2*1-3-4(2)5;1-3(2)4/h2*3H2,1-2H3;2*3H2,1-2H3;3-4H,1-2H3. The molecule has 0 radical (unpaired) electrons. The van der Waals surface area contributed by atoms with Crippen LogP contribution in [0.1, 0.15) is 82.1 Å². The summed E-state index contributed by atoms with van der Waals surface area (Å²) in [6.45, 7) is 17.6. The summed E-state index contributed by atoms with van der Waals surface area (Å²) in [5.41, 5.74) is 0. The van der Waals surface area contributed by atoms with Crippen molar-refractivity contribution >= 4 is 23.5 Å². The van der Waals surface area contributed by atoms with E-state index in [4.69, 9.17) is 5.11 Å². The Balaban J connectivity index is -0.0000000712. The molecule has 7 nitrogen and oxygen atoms in total. The molecule has 0 aromatic rings. The smallest absolute Gasteiger partial charge is 0.302 e. The molecule has 0 amide bonds. The zero-order valence-corrected chi connectivity index (χ0v) is 18.3. The van der Waals surface area contributed by atoms with Crippen molar-refractivity contribution in [3.05, 3.63) is 0 Å². The Morgan fingerprint density at radius 1 is 0.692 bits per heavy atom. The molecule has 0 aliphatic rings. The van der Waals surface area contributed by atoms with E-state index in [9.17, 15) is 19.2 Å². The monoisotopic (exact) mass is 380 g/mol. The Bertz CT molecular complexity index is 304. The van der Waals surface area contributed by atoms with Gasteiger partial charge in [0.2, 0.25) is 0 Å². The highest BCUT2D eigenvalue weighted by atomic mass is 16.5. The lowest BCUT2D eigenvalue weighted by molar-refractivity contribution is -0.141. The van der Waals surface area contributed by atoms with Gasteiger partial charge < -0.3 is 24.2 Å². The summed E-state index contributed by atoms with van der Waals surface area (Å²) in [4.78, 5) is 39.3. The van der Waals surface area contributed by atoms with Crippen molar-refractivity contribution in [3.8, 4) is 0 Å². The number of carbonyl (C=O) groups is 4. The van der Waals surface area contributed by atoms with Crippen molar-refractivity contribution in [1.82, 2.24) is 0 Å². The van der Waals surface area contributed by atoms with Crippen LogP contribution in [0, 0.1) is 0 Å². The van der Waals surface area contributed by atoms with Crippen molar-refractivity contribution in [3.63, 3.8) is 0 Å². The minimum absolute atomic E-state index is 0.167. The van der Waals surface area contributed by atoms with Gasteiger partial charge in [0.05, 0.1) is 13.2 Å². The lowest BCUT2D eigenvalue weighted by Gasteiger charge is -1.89. The van der Waals surface area contributed by atoms with Crippen LogP contribution in [0.3, 0.4) is 0 Å². The van der Waals surface area contributed by atoms with Gasteiger partial charge in [-0.3, -0.25) is 9.59 Å². The number of esters is 2. The van der Waals surface area contributed by atoms with E-state index in [2.05, 4.69) is 9.47 Å². The second kappa shape index (κ2) is 31.1. The zero-order valence-electron chi connectivity index (χ0n) is 18.3. The first kappa shape index (κ1) is 35.4. The van der Waals surface area contributed by atoms with Crippen molar-refractivity contribution in [1.29, 1.82) is 0 Å². The fourth-order valence-corrected chi connectivity index (χ4v) is 0.407. The fraction of sp³-hybridized carbons (Fsp3) is 0.789. The van der Waals surface area contributed by atoms with Gasteiger partial charge in [-0.1, -0.05) is 13.8 Å².